The summed E-state index contributed by atoms with van der Waals surface area (Å²) in [5, 5.41) is 14.4. The highest BCUT2D eigenvalue weighted by Crippen LogP contribution is 2.35. The molecule has 150 valence electrons. The molecule has 8 nitrogen and oxygen atoms in total. The van der Waals surface area contributed by atoms with Gasteiger partial charge in [-0.05, 0) is 24.7 Å². The fourth-order valence-corrected chi connectivity index (χ4v) is 2.95. The highest BCUT2D eigenvalue weighted by molar-refractivity contribution is 6.32. The molecule has 0 bridgehead atoms. The zero-order valence-electron chi connectivity index (χ0n) is 15.5. The molecule has 2 rings (SSSR count). The van der Waals surface area contributed by atoms with Crippen molar-refractivity contribution in [1.29, 1.82) is 0 Å². The molecule has 1 amide bonds. The van der Waals surface area contributed by atoms with Gasteiger partial charge < -0.3 is 14.8 Å². The van der Waals surface area contributed by atoms with E-state index in [1.54, 1.807) is 18.0 Å². The van der Waals surface area contributed by atoms with Crippen molar-refractivity contribution >= 4 is 40.5 Å². The molecule has 10 heteroatoms. The second kappa shape index (κ2) is 9.59. The molecule has 0 heterocycles. The molecule has 0 aliphatic carbocycles. The molecule has 1 N–H and O–H groups in total. The summed E-state index contributed by atoms with van der Waals surface area (Å²) in [6, 6.07) is 7.30. The normalized spacial score (nSPS) is 10.6. The summed E-state index contributed by atoms with van der Waals surface area (Å²) >= 11 is 12.2. The Kier molecular flexibility index (Phi) is 7.45. The average Bonchev–Trinajstić information content (AvgIpc) is 2.63. The molecule has 0 fully saturated rings. The van der Waals surface area contributed by atoms with E-state index in [9.17, 15) is 14.9 Å². The molecule has 0 radical (unpaired) electrons. The number of hydrogen-bond donors (Lipinski definition) is 1. The summed E-state index contributed by atoms with van der Waals surface area (Å²) < 4.78 is 10.4. The molecular formula is C18H19Cl2N3O5. The Labute approximate surface area is 172 Å². The number of nitro groups is 1. The van der Waals surface area contributed by atoms with Crippen LogP contribution in [0.3, 0.4) is 0 Å². The van der Waals surface area contributed by atoms with Crippen molar-refractivity contribution in [2.75, 3.05) is 33.1 Å². The Bertz CT molecular complexity index is 892. The number of non-ortho nitro benzene ring substituents is 1. The fourth-order valence-electron chi connectivity index (χ4n) is 2.54. The zero-order valence-corrected chi connectivity index (χ0v) is 17.0. The lowest BCUT2D eigenvalue weighted by molar-refractivity contribution is -0.384. The van der Waals surface area contributed by atoms with Crippen LogP contribution in [0.1, 0.15) is 5.56 Å². The van der Waals surface area contributed by atoms with Gasteiger partial charge in [0.15, 0.2) is 0 Å². The Hall–Kier alpha value is -2.55. The van der Waals surface area contributed by atoms with E-state index in [1.165, 1.54) is 38.5 Å². The van der Waals surface area contributed by atoms with E-state index in [0.717, 1.165) is 0 Å². The van der Waals surface area contributed by atoms with Gasteiger partial charge in [-0.15, -0.1) is 0 Å². The molecule has 2 aromatic rings. The lowest BCUT2D eigenvalue weighted by Crippen LogP contribution is -2.30. The molecule has 0 atom stereocenters. The monoisotopic (exact) mass is 427 g/mol. The molecule has 2 aromatic carbocycles. The second-order valence-corrected chi connectivity index (χ2v) is 6.75. The summed E-state index contributed by atoms with van der Waals surface area (Å²) in [4.78, 5) is 24.5. The first-order valence-electron chi connectivity index (χ1n) is 8.08. The quantitative estimate of drug-likeness (QED) is 0.505. The Morgan fingerprint density at radius 2 is 1.82 bits per heavy atom. The van der Waals surface area contributed by atoms with E-state index in [1.807, 2.05) is 0 Å². The number of nitrogens with one attached hydrogen (secondary N) is 1. The van der Waals surface area contributed by atoms with Crippen LogP contribution in [0.15, 0.2) is 30.3 Å². The van der Waals surface area contributed by atoms with Crippen LogP contribution in [0.5, 0.6) is 11.5 Å². The van der Waals surface area contributed by atoms with Crippen LogP contribution in [-0.2, 0) is 11.3 Å². The smallest absolute Gasteiger partial charge is 0.269 e. The predicted molar refractivity (Wildman–Crippen MR) is 108 cm³/mol. The minimum Gasteiger partial charge on any atom is -0.495 e. The SMILES string of the molecule is COc1cc(OC)c(NC(=O)CN(C)Cc2cc([N+](=O)[O-])ccc2Cl)cc1Cl. The maximum Gasteiger partial charge on any atom is 0.269 e. The number of amides is 1. The van der Waals surface area contributed by atoms with Gasteiger partial charge in [-0.3, -0.25) is 19.8 Å². The zero-order chi connectivity index (χ0) is 20.8. The summed E-state index contributed by atoms with van der Waals surface area (Å²) in [6.07, 6.45) is 0. The van der Waals surface area contributed by atoms with Crippen LogP contribution in [0.4, 0.5) is 11.4 Å². The van der Waals surface area contributed by atoms with E-state index in [4.69, 9.17) is 32.7 Å². The van der Waals surface area contributed by atoms with Crippen molar-refractivity contribution in [3.8, 4) is 11.5 Å². The number of rotatable bonds is 8. The van der Waals surface area contributed by atoms with Crippen LogP contribution >= 0.6 is 23.2 Å². The number of hydrogen-bond acceptors (Lipinski definition) is 6. The summed E-state index contributed by atoms with van der Waals surface area (Å²) in [7, 11) is 4.65. The van der Waals surface area contributed by atoms with E-state index >= 15 is 0 Å². The van der Waals surface area contributed by atoms with Gasteiger partial charge in [-0.25, -0.2) is 0 Å². The number of carbonyl (C=O) groups excluding carboxylic acids is 1. The molecule has 0 aliphatic rings. The molecule has 0 aliphatic heterocycles. The van der Waals surface area contributed by atoms with Gasteiger partial charge in [0.05, 0.1) is 36.4 Å². The minimum atomic E-state index is -0.494. The number of nitrogens with zero attached hydrogens (tertiary/aromatic N) is 2. The van der Waals surface area contributed by atoms with E-state index in [2.05, 4.69) is 5.32 Å². The third-order valence-corrected chi connectivity index (χ3v) is 4.51. The van der Waals surface area contributed by atoms with Gasteiger partial charge in [0.25, 0.3) is 5.69 Å². The fraction of sp³-hybridized carbons (Fsp3) is 0.278. The summed E-state index contributed by atoms with van der Waals surface area (Å²) in [5.41, 5.74) is 0.895. The maximum atomic E-state index is 12.4. The van der Waals surface area contributed by atoms with Crippen LogP contribution in [0.25, 0.3) is 0 Å². The van der Waals surface area contributed by atoms with Gasteiger partial charge in [0.2, 0.25) is 5.91 Å². The highest BCUT2D eigenvalue weighted by atomic mass is 35.5. The van der Waals surface area contributed by atoms with Crippen molar-refractivity contribution in [2.24, 2.45) is 0 Å². The van der Waals surface area contributed by atoms with Crippen molar-refractivity contribution in [2.45, 2.75) is 6.54 Å². The standard InChI is InChI=1S/C18H19Cl2N3O5/c1-22(9-11-6-12(23(25)26)4-5-13(11)19)10-18(24)21-15-7-14(20)16(27-2)8-17(15)28-3/h4-8H,9-10H2,1-3H3,(H,21,24). The van der Waals surface area contributed by atoms with Crippen molar-refractivity contribution in [1.82, 2.24) is 4.90 Å². The Balaban J connectivity index is 2.07. The molecule has 28 heavy (non-hydrogen) atoms. The number of methoxy groups -OCH3 is 2. The van der Waals surface area contributed by atoms with Gasteiger partial charge in [-0.2, -0.15) is 0 Å². The third-order valence-electron chi connectivity index (χ3n) is 3.84. The average molecular weight is 428 g/mol. The van der Waals surface area contributed by atoms with E-state index < -0.39 is 4.92 Å². The number of ether oxygens (including phenoxy) is 2. The minimum absolute atomic E-state index is 0.0197. The number of likely N-dealkylation sites (N-methyl/N-ethyl adjacent to an activating group) is 1. The molecular weight excluding hydrogens is 409 g/mol. The van der Waals surface area contributed by atoms with Gasteiger partial charge in [0, 0.05) is 29.8 Å². The second-order valence-electron chi connectivity index (χ2n) is 5.94. The number of nitro benzene ring substituents is 1. The van der Waals surface area contributed by atoms with Gasteiger partial charge in [0.1, 0.15) is 11.5 Å². The van der Waals surface area contributed by atoms with Crippen molar-refractivity contribution in [3.63, 3.8) is 0 Å². The van der Waals surface area contributed by atoms with Gasteiger partial charge in [-0.1, -0.05) is 23.2 Å². The van der Waals surface area contributed by atoms with E-state index in [0.29, 0.717) is 32.8 Å². The number of halogens is 2. The number of carbonyl (C=O) groups is 1. The largest absolute Gasteiger partial charge is 0.495 e. The highest BCUT2D eigenvalue weighted by Gasteiger charge is 2.16. The predicted octanol–water partition coefficient (Wildman–Crippen LogP) is 3.99. The molecule has 0 unspecified atom stereocenters. The first-order valence-corrected chi connectivity index (χ1v) is 8.83. The van der Waals surface area contributed by atoms with Gasteiger partial charge >= 0.3 is 0 Å². The molecule has 0 aromatic heterocycles. The first kappa shape index (κ1) is 21.7. The van der Waals surface area contributed by atoms with Crippen LogP contribution in [0, 0.1) is 10.1 Å². The molecule has 0 saturated heterocycles. The lowest BCUT2D eigenvalue weighted by atomic mass is 10.2. The topological polar surface area (TPSA) is 93.9 Å². The maximum absolute atomic E-state index is 12.4. The summed E-state index contributed by atoms with van der Waals surface area (Å²) in [5.74, 6) is 0.511. The number of anilines is 1. The van der Waals surface area contributed by atoms with Crippen LogP contribution in [0.2, 0.25) is 10.0 Å². The van der Waals surface area contributed by atoms with E-state index in [-0.39, 0.29) is 24.7 Å². The Morgan fingerprint density at radius 3 is 2.43 bits per heavy atom. The summed E-state index contributed by atoms with van der Waals surface area (Å²) in [6.45, 7) is 0.278. The third kappa shape index (κ3) is 5.48. The van der Waals surface area contributed by atoms with Crippen LogP contribution < -0.4 is 14.8 Å². The van der Waals surface area contributed by atoms with Crippen molar-refractivity contribution in [3.05, 3.63) is 56.1 Å². The van der Waals surface area contributed by atoms with Crippen LogP contribution in [-0.4, -0.2) is 43.5 Å². The first-order chi connectivity index (χ1) is 13.2. The molecule has 0 spiro atoms. The van der Waals surface area contributed by atoms with Crippen molar-refractivity contribution < 1.29 is 19.2 Å². The Morgan fingerprint density at radius 1 is 1.14 bits per heavy atom. The lowest BCUT2D eigenvalue weighted by Gasteiger charge is -2.18. The number of benzene rings is 2. The molecule has 0 saturated carbocycles.